The number of hydrazone groups is 1. The normalized spacial score (nSPS) is 12.1. The number of H-pyrrole nitrogens is 1. The van der Waals surface area contributed by atoms with Crippen molar-refractivity contribution in [2.24, 2.45) is 5.10 Å². The molecule has 0 saturated heterocycles. The first-order valence-electron chi connectivity index (χ1n) is 8.02. The van der Waals surface area contributed by atoms with Gasteiger partial charge in [0.15, 0.2) is 5.71 Å². The third kappa shape index (κ3) is 3.85. The summed E-state index contributed by atoms with van der Waals surface area (Å²) in [7, 11) is 0. The van der Waals surface area contributed by atoms with Crippen molar-refractivity contribution in [3.63, 3.8) is 0 Å². The van der Waals surface area contributed by atoms with Crippen molar-refractivity contribution in [2.75, 3.05) is 0 Å². The molecule has 10 heteroatoms. The first-order valence-corrected chi connectivity index (χ1v) is 8.02. The molecule has 0 aliphatic carbocycles. The highest BCUT2D eigenvalue weighted by molar-refractivity contribution is 6.06. The van der Waals surface area contributed by atoms with E-state index in [1.54, 1.807) is 36.4 Å². The van der Waals surface area contributed by atoms with Crippen molar-refractivity contribution in [3.05, 3.63) is 82.0 Å². The van der Waals surface area contributed by atoms with Crippen LogP contribution in [-0.2, 0) is 0 Å². The van der Waals surface area contributed by atoms with Crippen LogP contribution in [0, 0.1) is 6.92 Å². The number of aromatic nitrogens is 3. The molecule has 3 rings (SSSR count). The Morgan fingerprint density at radius 1 is 1.14 bits per heavy atom. The minimum Gasteiger partial charge on any atom is -0.295 e. The fourth-order valence-electron chi connectivity index (χ4n) is 2.51. The number of nitrogens with one attached hydrogen (secondary N) is 2. The highest BCUT2D eigenvalue weighted by atomic mass is 19.4. The lowest BCUT2D eigenvalue weighted by atomic mass is 10.1. The predicted octanol–water partition coefficient (Wildman–Crippen LogP) is 2.57. The molecule has 28 heavy (non-hydrogen) atoms. The van der Waals surface area contributed by atoms with Gasteiger partial charge in [0.2, 0.25) is 0 Å². The van der Waals surface area contributed by atoms with Crippen LogP contribution in [0.25, 0.3) is 5.69 Å². The molecule has 0 bridgehead atoms. The molecule has 2 heterocycles. The molecule has 1 amide bonds. The van der Waals surface area contributed by atoms with Gasteiger partial charge in [0.1, 0.15) is 5.69 Å². The van der Waals surface area contributed by atoms with Crippen LogP contribution in [-0.4, -0.2) is 32.6 Å². The first-order chi connectivity index (χ1) is 13.3. The summed E-state index contributed by atoms with van der Waals surface area (Å²) in [5.41, 5.74) is -1.11. The van der Waals surface area contributed by atoms with Gasteiger partial charge in [-0.05, 0) is 31.2 Å². The molecule has 0 aliphatic heterocycles. The second kappa shape index (κ2) is 7.51. The third-order valence-corrected chi connectivity index (χ3v) is 3.76. The van der Waals surface area contributed by atoms with Gasteiger partial charge in [-0.15, -0.1) is 0 Å². The van der Waals surface area contributed by atoms with E-state index in [0.29, 0.717) is 5.69 Å². The summed E-state index contributed by atoms with van der Waals surface area (Å²) in [4.78, 5) is 28.3. The number of aryl methyl sites for hydroxylation is 1. The van der Waals surface area contributed by atoms with Gasteiger partial charge in [0.05, 0.1) is 11.3 Å². The Morgan fingerprint density at radius 3 is 2.43 bits per heavy atom. The summed E-state index contributed by atoms with van der Waals surface area (Å²) in [6, 6.07) is 12.5. The molecule has 144 valence electrons. The van der Waals surface area contributed by atoms with E-state index in [2.05, 4.69) is 15.2 Å². The number of aromatic amines is 1. The number of benzene rings is 1. The Balaban J connectivity index is 2.03. The molecule has 0 spiro atoms. The van der Waals surface area contributed by atoms with Crippen LogP contribution in [0.15, 0.2) is 64.6 Å². The molecule has 7 nitrogen and oxygen atoms in total. The Morgan fingerprint density at radius 2 is 1.82 bits per heavy atom. The van der Waals surface area contributed by atoms with E-state index >= 15 is 0 Å². The minimum absolute atomic E-state index is 0.0444. The summed E-state index contributed by atoms with van der Waals surface area (Å²) >= 11 is 0. The van der Waals surface area contributed by atoms with Crippen LogP contribution in [0.3, 0.4) is 0 Å². The zero-order chi connectivity index (χ0) is 20.3. The molecular weight excluding hydrogens is 375 g/mol. The molecule has 2 aromatic heterocycles. The lowest BCUT2D eigenvalue weighted by Crippen LogP contribution is -2.33. The molecule has 0 aliphatic rings. The quantitative estimate of drug-likeness (QED) is 0.531. The average Bonchev–Trinajstić information content (AvgIpc) is 2.97. The van der Waals surface area contributed by atoms with Crippen LogP contribution < -0.4 is 11.0 Å². The van der Waals surface area contributed by atoms with Crippen LogP contribution in [0.1, 0.15) is 21.7 Å². The van der Waals surface area contributed by atoms with Crippen molar-refractivity contribution in [1.82, 2.24) is 20.2 Å². The molecule has 0 unspecified atom stereocenters. The number of halogens is 3. The first kappa shape index (κ1) is 19.1. The Labute approximate surface area is 156 Å². The third-order valence-electron chi connectivity index (χ3n) is 3.76. The number of para-hydroxylation sites is 1. The highest BCUT2D eigenvalue weighted by Gasteiger charge is 2.41. The van der Waals surface area contributed by atoms with Gasteiger partial charge in [-0.1, -0.05) is 24.3 Å². The van der Waals surface area contributed by atoms with Crippen molar-refractivity contribution < 1.29 is 18.0 Å². The van der Waals surface area contributed by atoms with Crippen molar-refractivity contribution in [3.8, 4) is 5.69 Å². The Kier molecular flexibility index (Phi) is 5.12. The number of hydrogen-bond donors (Lipinski definition) is 2. The number of amides is 1. The van der Waals surface area contributed by atoms with E-state index in [1.807, 2.05) is 5.43 Å². The maximum atomic E-state index is 13.6. The zero-order valence-electron chi connectivity index (χ0n) is 14.5. The van der Waals surface area contributed by atoms with Crippen LogP contribution >= 0.6 is 0 Å². The molecular formula is C18H14F3N5O2. The van der Waals surface area contributed by atoms with Gasteiger partial charge in [-0.2, -0.15) is 18.3 Å². The van der Waals surface area contributed by atoms with Crippen LogP contribution in [0.4, 0.5) is 13.2 Å². The van der Waals surface area contributed by atoms with E-state index < -0.39 is 28.9 Å². The van der Waals surface area contributed by atoms with Gasteiger partial charge in [0, 0.05) is 11.9 Å². The topological polar surface area (TPSA) is 92.1 Å². The Bertz CT molecular complexity index is 1070. The molecule has 0 saturated carbocycles. The van der Waals surface area contributed by atoms with Crippen LogP contribution in [0.2, 0.25) is 0 Å². The van der Waals surface area contributed by atoms with Gasteiger partial charge in [-0.25, -0.2) is 10.1 Å². The number of pyridine rings is 1. The lowest BCUT2D eigenvalue weighted by molar-refractivity contribution is -0.0584. The largest absolute Gasteiger partial charge is 0.435 e. The average molecular weight is 389 g/mol. The van der Waals surface area contributed by atoms with Crippen molar-refractivity contribution in [1.29, 1.82) is 0 Å². The Hall–Kier alpha value is -3.69. The van der Waals surface area contributed by atoms with Crippen molar-refractivity contribution >= 4 is 11.6 Å². The fraction of sp³-hybridized carbons (Fsp3) is 0.111. The highest BCUT2D eigenvalue weighted by Crippen LogP contribution is 2.22. The minimum atomic E-state index is -4.97. The number of nitrogens with zero attached hydrogens (tertiary/aromatic N) is 3. The second-order valence-corrected chi connectivity index (χ2v) is 5.70. The predicted molar refractivity (Wildman–Crippen MR) is 95.4 cm³/mol. The molecule has 0 atom stereocenters. The van der Waals surface area contributed by atoms with E-state index in [4.69, 9.17) is 0 Å². The van der Waals surface area contributed by atoms with E-state index in [-0.39, 0.29) is 11.4 Å². The van der Waals surface area contributed by atoms with E-state index in [9.17, 15) is 22.8 Å². The van der Waals surface area contributed by atoms with Gasteiger partial charge in [0.25, 0.3) is 11.5 Å². The number of rotatable bonds is 4. The molecule has 0 radical (unpaired) electrons. The molecule has 1 aromatic carbocycles. The van der Waals surface area contributed by atoms with Gasteiger partial charge >= 0.3 is 6.18 Å². The van der Waals surface area contributed by atoms with E-state index in [0.717, 1.165) is 4.68 Å². The van der Waals surface area contributed by atoms with Crippen molar-refractivity contribution in [2.45, 2.75) is 13.1 Å². The number of hydrogen-bond acceptors (Lipinski definition) is 4. The smallest absolute Gasteiger partial charge is 0.295 e. The van der Waals surface area contributed by atoms with Gasteiger partial charge < -0.3 is 0 Å². The molecule has 2 N–H and O–H groups in total. The summed E-state index contributed by atoms with van der Waals surface area (Å²) < 4.78 is 41.7. The summed E-state index contributed by atoms with van der Waals surface area (Å²) in [6.45, 7) is 1.32. The summed E-state index contributed by atoms with van der Waals surface area (Å²) in [5.74, 6) is -0.932. The maximum Gasteiger partial charge on any atom is 0.435 e. The number of carbonyl (C=O) groups is 1. The van der Waals surface area contributed by atoms with Gasteiger partial charge in [-0.3, -0.25) is 19.7 Å². The second-order valence-electron chi connectivity index (χ2n) is 5.70. The van der Waals surface area contributed by atoms with E-state index in [1.165, 1.54) is 25.3 Å². The maximum absolute atomic E-state index is 13.6. The lowest BCUT2D eigenvalue weighted by Gasteiger charge is -2.09. The summed E-state index contributed by atoms with van der Waals surface area (Å²) in [6.07, 6.45) is -3.66. The molecule has 3 aromatic rings. The number of alkyl halides is 3. The summed E-state index contributed by atoms with van der Waals surface area (Å²) in [5, 5.41) is 5.79. The fourth-order valence-corrected chi connectivity index (χ4v) is 2.51. The molecule has 0 fully saturated rings. The van der Waals surface area contributed by atoms with Crippen LogP contribution in [0.5, 0.6) is 0 Å². The monoisotopic (exact) mass is 389 g/mol. The standard InChI is InChI=1S/C18H14F3N5O2/c1-11-14(17(28)26(25-11)12-7-3-2-4-8-12)15(18(19,20)21)23-24-16(27)13-9-5-6-10-22-13/h2-10,25H,1H3,(H,24,27). The zero-order valence-corrected chi connectivity index (χ0v) is 14.5. The number of carbonyl (C=O) groups excluding carboxylic acids is 1. The SMILES string of the molecule is Cc1[nH]n(-c2ccccc2)c(=O)c1C(=NNC(=O)c1ccccn1)C(F)(F)F.